The van der Waals surface area contributed by atoms with E-state index in [9.17, 15) is 4.79 Å². The van der Waals surface area contributed by atoms with Gasteiger partial charge in [0.05, 0.1) is 19.3 Å². The summed E-state index contributed by atoms with van der Waals surface area (Å²) in [5, 5.41) is 15.5. The summed E-state index contributed by atoms with van der Waals surface area (Å²) in [5.41, 5.74) is 1.55. The molecule has 0 aliphatic carbocycles. The standard InChI is InChI=1S/C8H8O2.C7H8O.CH4O.H2/c1-10-8(9)7-5-3-2-4-6-7;8-6-7-4-2-1-3-5-7;1-2;/h2-6H,1H3;1-5,8H,6H2;2H,1H3;1H. The molecule has 2 rings (SSSR count). The topological polar surface area (TPSA) is 66.8 Å². The minimum absolute atomic E-state index is 0. The van der Waals surface area contributed by atoms with Crippen molar-refractivity contribution in [2.24, 2.45) is 0 Å². The lowest BCUT2D eigenvalue weighted by Gasteiger charge is -1.95. The molecule has 110 valence electrons. The van der Waals surface area contributed by atoms with Crippen LogP contribution in [0, 0.1) is 0 Å². The van der Waals surface area contributed by atoms with Gasteiger partial charge in [-0.3, -0.25) is 0 Å². The molecule has 0 atom stereocenters. The molecule has 0 spiro atoms. The van der Waals surface area contributed by atoms with Crippen molar-refractivity contribution in [3.8, 4) is 0 Å². The van der Waals surface area contributed by atoms with Gasteiger partial charge in [-0.2, -0.15) is 0 Å². The monoisotopic (exact) mass is 278 g/mol. The quantitative estimate of drug-likeness (QED) is 0.828. The summed E-state index contributed by atoms with van der Waals surface area (Å²) in [6, 6.07) is 18.4. The molecule has 0 radical (unpaired) electrons. The Balaban J connectivity index is 0. The molecule has 0 saturated heterocycles. The van der Waals surface area contributed by atoms with E-state index in [0.29, 0.717) is 5.56 Å². The average Bonchev–Trinajstić information content (AvgIpc) is 2.58. The molecule has 2 N–H and O–H groups in total. The van der Waals surface area contributed by atoms with Gasteiger partial charge in [-0.25, -0.2) is 4.79 Å². The Bertz CT molecular complexity index is 460. The summed E-state index contributed by atoms with van der Waals surface area (Å²) in [7, 11) is 2.37. The van der Waals surface area contributed by atoms with Crippen molar-refractivity contribution in [3.05, 3.63) is 71.8 Å². The van der Waals surface area contributed by atoms with E-state index >= 15 is 0 Å². The minimum Gasteiger partial charge on any atom is -0.465 e. The highest BCUT2D eigenvalue weighted by Crippen LogP contribution is 1.98. The number of ether oxygens (including phenoxy) is 1. The van der Waals surface area contributed by atoms with E-state index in [1.807, 2.05) is 36.4 Å². The van der Waals surface area contributed by atoms with Gasteiger partial charge in [0.2, 0.25) is 0 Å². The highest BCUT2D eigenvalue weighted by Gasteiger charge is 2.00. The van der Waals surface area contributed by atoms with Crippen molar-refractivity contribution in [2.45, 2.75) is 6.61 Å². The number of aliphatic hydroxyl groups excluding tert-OH is 2. The number of hydrogen-bond acceptors (Lipinski definition) is 4. The third kappa shape index (κ3) is 7.31. The smallest absolute Gasteiger partial charge is 0.337 e. The van der Waals surface area contributed by atoms with E-state index in [4.69, 9.17) is 10.2 Å². The van der Waals surface area contributed by atoms with Crippen molar-refractivity contribution < 1.29 is 21.2 Å². The molecule has 0 aromatic heterocycles. The van der Waals surface area contributed by atoms with Gasteiger partial charge in [0, 0.05) is 8.54 Å². The van der Waals surface area contributed by atoms with Crippen molar-refractivity contribution in [1.82, 2.24) is 0 Å². The lowest BCUT2D eigenvalue weighted by Crippen LogP contribution is -1.99. The maximum atomic E-state index is 10.8. The maximum absolute atomic E-state index is 10.8. The van der Waals surface area contributed by atoms with Crippen molar-refractivity contribution in [2.75, 3.05) is 14.2 Å². The summed E-state index contributed by atoms with van der Waals surface area (Å²) >= 11 is 0. The molecule has 0 bridgehead atoms. The molecular formula is C16H22O4. The van der Waals surface area contributed by atoms with Crippen LogP contribution in [-0.4, -0.2) is 30.4 Å². The van der Waals surface area contributed by atoms with Crippen LogP contribution in [0.15, 0.2) is 60.7 Å². The number of carbonyl (C=O) groups is 1. The van der Waals surface area contributed by atoms with Crippen LogP contribution in [0.1, 0.15) is 17.3 Å². The molecule has 2 aromatic rings. The van der Waals surface area contributed by atoms with Crippen LogP contribution in [0.25, 0.3) is 0 Å². The second-order valence-electron chi connectivity index (χ2n) is 3.50. The Hall–Kier alpha value is -2.17. The van der Waals surface area contributed by atoms with Crippen LogP contribution in [0.3, 0.4) is 0 Å². The van der Waals surface area contributed by atoms with Gasteiger partial charge in [-0.15, -0.1) is 0 Å². The maximum Gasteiger partial charge on any atom is 0.337 e. The SMILES string of the molecule is CO.COC(=O)c1ccccc1.OCc1ccccc1.[HH]. The van der Waals surface area contributed by atoms with Gasteiger partial charge in [-0.05, 0) is 17.7 Å². The number of hydrogen-bond donors (Lipinski definition) is 2. The number of benzene rings is 2. The predicted octanol–water partition coefficient (Wildman–Crippen LogP) is 2.51. The Labute approximate surface area is 120 Å². The van der Waals surface area contributed by atoms with Crippen molar-refractivity contribution >= 4 is 5.97 Å². The molecule has 0 heterocycles. The first-order valence-corrected chi connectivity index (χ1v) is 6.00. The van der Waals surface area contributed by atoms with Gasteiger partial charge >= 0.3 is 5.97 Å². The summed E-state index contributed by atoms with van der Waals surface area (Å²) in [6.07, 6.45) is 0. The summed E-state index contributed by atoms with van der Waals surface area (Å²) in [4.78, 5) is 10.8. The highest BCUT2D eigenvalue weighted by molar-refractivity contribution is 5.89. The summed E-state index contributed by atoms with van der Waals surface area (Å²) in [5.74, 6) is -0.291. The lowest BCUT2D eigenvalue weighted by molar-refractivity contribution is 0.0600. The Morgan fingerprint density at radius 2 is 1.45 bits per heavy atom. The number of methoxy groups -OCH3 is 1. The van der Waals surface area contributed by atoms with Gasteiger partial charge < -0.3 is 14.9 Å². The Morgan fingerprint density at radius 1 is 1.00 bits per heavy atom. The van der Waals surface area contributed by atoms with Crippen LogP contribution >= 0.6 is 0 Å². The first kappa shape index (κ1) is 17.8. The van der Waals surface area contributed by atoms with Crippen LogP contribution in [0.4, 0.5) is 0 Å². The number of aliphatic hydroxyl groups is 2. The lowest BCUT2D eigenvalue weighted by atomic mass is 10.2. The fraction of sp³-hybridized carbons (Fsp3) is 0.188. The van der Waals surface area contributed by atoms with Crippen molar-refractivity contribution in [3.63, 3.8) is 0 Å². The number of carbonyl (C=O) groups excluding carboxylic acids is 1. The first-order valence-electron chi connectivity index (χ1n) is 6.00. The van der Waals surface area contributed by atoms with E-state index in [1.165, 1.54) is 7.11 Å². The fourth-order valence-corrected chi connectivity index (χ4v) is 1.28. The molecule has 0 amide bonds. The van der Waals surface area contributed by atoms with E-state index in [-0.39, 0.29) is 14.0 Å². The fourth-order valence-electron chi connectivity index (χ4n) is 1.28. The third-order valence-electron chi connectivity index (χ3n) is 2.22. The van der Waals surface area contributed by atoms with Gasteiger partial charge in [0.15, 0.2) is 0 Å². The second kappa shape index (κ2) is 11.9. The van der Waals surface area contributed by atoms with Gasteiger partial charge in [0.1, 0.15) is 0 Å². The van der Waals surface area contributed by atoms with Crippen LogP contribution in [0.2, 0.25) is 0 Å². The molecule has 20 heavy (non-hydrogen) atoms. The molecule has 0 fully saturated rings. The largest absolute Gasteiger partial charge is 0.465 e. The molecule has 0 saturated carbocycles. The molecule has 4 nitrogen and oxygen atoms in total. The predicted molar refractivity (Wildman–Crippen MR) is 80.4 cm³/mol. The van der Waals surface area contributed by atoms with E-state index in [0.717, 1.165) is 12.7 Å². The van der Waals surface area contributed by atoms with Crippen molar-refractivity contribution in [1.29, 1.82) is 0 Å². The van der Waals surface area contributed by atoms with E-state index in [1.54, 1.807) is 24.3 Å². The average molecular weight is 278 g/mol. The van der Waals surface area contributed by atoms with Crippen LogP contribution in [0.5, 0.6) is 0 Å². The molecule has 0 aliphatic heterocycles. The van der Waals surface area contributed by atoms with E-state index < -0.39 is 0 Å². The summed E-state index contributed by atoms with van der Waals surface area (Å²) < 4.78 is 4.50. The third-order valence-corrected chi connectivity index (χ3v) is 2.22. The molecule has 4 heteroatoms. The Morgan fingerprint density at radius 3 is 1.80 bits per heavy atom. The molecule has 0 unspecified atom stereocenters. The normalized spacial score (nSPS) is 8.40. The second-order valence-corrected chi connectivity index (χ2v) is 3.50. The highest BCUT2D eigenvalue weighted by atomic mass is 16.5. The first-order chi connectivity index (χ1) is 9.77. The van der Waals surface area contributed by atoms with Gasteiger partial charge in [0.25, 0.3) is 0 Å². The minimum atomic E-state index is -0.291. The zero-order valence-corrected chi connectivity index (χ0v) is 11.7. The van der Waals surface area contributed by atoms with E-state index in [2.05, 4.69) is 4.74 Å². The molecule has 2 aromatic carbocycles. The van der Waals surface area contributed by atoms with Crippen LogP contribution in [-0.2, 0) is 11.3 Å². The number of rotatable bonds is 2. The zero-order chi connectivity index (χ0) is 15.2. The zero-order valence-electron chi connectivity index (χ0n) is 11.7. The van der Waals surface area contributed by atoms with Gasteiger partial charge in [-0.1, -0.05) is 48.5 Å². The Kier molecular flexibility index (Phi) is 10.6. The molecule has 0 aliphatic rings. The summed E-state index contributed by atoms with van der Waals surface area (Å²) in [6.45, 7) is 0.140. The molecular weight excluding hydrogens is 256 g/mol. The number of esters is 1. The van der Waals surface area contributed by atoms with Crippen LogP contribution < -0.4 is 0 Å².